The highest BCUT2D eigenvalue weighted by Gasteiger charge is 2.24. The molecule has 1 saturated heterocycles. The molecule has 1 aliphatic heterocycles. The van der Waals surface area contributed by atoms with Crippen molar-refractivity contribution < 1.29 is 8.42 Å². The van der Waals surface area contributed by atoms with Gasteiger partial charge in [0.15, 0.2) is 5.65 Å². The maximum atomic E-state index is 12.1. The fraction of sp³-hybridized carbons (Fsp3) is 0.667. The van der Waals surface area contributed by atoms with Crippen molar-refractivity contribution in [2.75, 3.05) is 19.6 Å². The molecule has 8 nitrogen and oxygen atoms in total. The Morgan fingerprint density at radius 1 is 1.42 bits per heavy atom. The van der Waals surface area contributed by atoms with Gasteiger partial charge in [0.25, 0.3) is 0 Å². The van der Waals surface area contributed by atoms with Crippen LogP contribution in [0.3, 0.4) is 0 Å². The summed E-state index contributed by atoms with van der Waals surface area (Å²) in [7, 11) is -3.28. The van der Waals surface area contributed by atoms with Gasteiger partial charge in [0.05, 0.1) is 17.5 Å². The Kier molecular flexibility index (Phi) is 5.12. The van der Waals surface area contributed by atoms with E-state index >= 15 is 0 Å². The SMILES string of the molecule is CCC(C)S(=O)(=O)NCCn1nc(C2CCNC2)c2nccnc21. The minimum Gasteiger partial charge on any atom is -0.316 e. The predicted molar refractivity (Wildman–Crippen MR) is 92.2 cm³/mol. The summed E-state index contributed by atoms with van der Waals surface area (Å²) in [5, 5.41) is 7.61. The van der Waals surface area contributed by atoms with Gasteiger partial charge in [-0.1, -0.05) is 6.92 Å². The lowest BCUT2D eigenvalue weighted by molar-refractivity contribution is 0.548. The lowest BCUT2D eigenvalue weighted by Gasteiger charge is -2.11. The van der Waals surface area contributed by atoms with Gasteiger partial charge in [0.2, 0.25) is 10.0 Å². The quantitative estimate of drug-likeness (QED) is 0.757. The highest BCUT2D eigenvalue weighted by atomic mass is 32.2. The number of rotatable bonds is 7. The maximum Gasteiger partial charge on any atom is 0.214 e. The molecule has 3 rings (SSSR count). The van der Waals surface area contributed by atoms with Crippen LogP contribution in [-0.2, 0) is 16.6 Å². The highest BCUT2D eigenvalue weighted by molar-refractivity contribution is 7.90. The van der Waals surface area contributed by atoms with E-state index < -0.39 is 15.3 Å². The maximum absolute atomic E-state index is 12.1. The highest BCUT2D eigenvalue weighted by Crippen LogP contribution is 2.26. The molecule has 0 spiro atoms. The molecule has 0 aromatic carbocycles. The van der Waals surface area contributed by atoms with Crippen molar-refractivity contribution in [2.45, 2.75) is 44.4 Å². The van der Waals surface area contributed by atoms with E-state index in [4.69, 9.17) is 0 Å². The molecule has 2 aromatic heterocycles. The summed E-state index contributed by atoms with van der Waals surface area (Å²) in [6.07, 6.45) is 4.93. The lowest BCUT2D eigenvalue weighted by atomic mass is 10.0. The Balaban J connectivity index is 1.77. The largest absolute Gasteiger partial charge is 0.316 e. The molecule has 0 saturated carbocycles. The Labute approximate surface area is 142 Å². The fourth-order valence-corrected chi connectivity index (χ4v) is 4.00. The molecule has 9 heteroatoms. The van der Waals surface area contributed by atoms with Gasteiger partial charge in [-0.15, -0.1) is 0 Å². The van der Waals surface area contributed by atoms with Crippen LogP contribution in [0.15, 0.2) is 12.4 Å². The smallest absolute Gasteiger partial charge is 0.214 e. The summed E-state index contributed by atoms with van der Waals surface area (Å²) in [4.78, 5) is 8.81. The number of nitrogens with zero attached hydrogens (tertiary/aromatic N) is 4. The van der Waals surface area contributed by atoms with Crippen molar-refractivity contribution >= 4 is 21.2 Å². The average molecular weight is 352 g/mol. The molecule has 2 N–H and O–H groups in total. The second-order valence-corrected chi connectivity index (χ2v) is 8.37. The first-order valence-corrected chi connectivity index (χ1v) is 9.94. The number of aromatic nitrogens is 4. The van der Waals surface area contributed by atoms with Crippen LogP contribution in [0.5, 0.6) is 0 Å². The molecule has 2 aromatic rings. The molecule has 132 valence electrons. The first kappa shape index (κ1) is 17.2. The number of fused-ring (bicyclic) bond motifs is 1. The Morgan fingerprint density at radius 2 is 2.21 bits per heavy atom. The lowest BCUT2D eigenvalue weighted by Crippen LogP contribution is -2.34. The molecule has 2 atom stereocenters. The van der Waals surface area contributed by atoms with Crippen molar-refractivity contribution in [3.63, 3.8) is 0 Å². The standard InChI is InChI=1S/C15H24N6O2S/c1-3-11(2)24(22,23)19-8-9-21-15-14(17-6-7-18-15)13(20-21)12-4-5-16-10-12/h6-7,11-12,16,19H,3-5,8-10H2,1-2H3. The fourth-order valence-electron chi connectivity index (χ4n) is 2.90. The van der Waals surface area contributed by atoms with Crippen molar-refractivity contribution in [3.05, 3.63) is 18.1 Å². The van der Waals surface area contributed by atoms with Crippen molar-refractivity contribution in [2.24, 2.45) is 0 Å². The van der Waals surface area contributed by atoms with Crippen LogP contribution in [0.4, 0.5) is 0 Å². The average Bonchev–Trinajstić information content (AvgIpc) is 3.22. The van der Waals surface area contributed by atoms with Crippen LogP contribution in [0.25, 0.3) is 11.2 Å². The molecule has 1 aliphatic rings. The van der Waals surface area contributed by atoms with Gasteiger partial charge in [-0.05, 0) is 26.3 Å². The number of sulfonamides is 1. The van der Waals surface area contributed by atoms with E-state index in [0.29, 0.717) is 31.1 Å². The summed E-state index contributed by atoms with van der Waals surface area (Å²) in [5.74, 6) is 0.335. The van der Waals surface area contributed by atoms with Gasteiger partial charge in [-0.2, -0.15) is 5.10 Å². The number of nitrogens with one attached hydrogen (secondary N) is 2. The topological polar surface area (TPSA) is 102 Å². The minimum atomic E-state index is -3.28. The number of hydrogen-bond acceptors (Lipinski definition) is 6. The molecule has 1 fully saturated rings. The van der Waals surface area contributed by atoms with E-state index in [0.717, 1.165) is 30.7 Å². The van der Waals surface area contributed by atoms with Crippen molar-refractivity contribution in [1.82, 2.24) is 29.8 Å². The van der Waals surface area contributed by atoms with Gasteiger partial charge in [0.1, 0.15) is 5.52 Å². The zero-order valence-corrected chi connectivity index (χ0v) is 14.9. The van der Waals surface area contributed by atoms with E-state index in [2.05, 4.69) is 25.1 Å². The van der Waals surface area contributed by atoms with Gasteiger partial charge in [0, 0.05) is 31.4 Å². The zero-order valence-electron chi connectivity index (χ0n) is 14.1. The van der Waals surface area contributed by atoms with Crippen molar-refractivity contribution in [3.8, 4) is 0 Å². The molecule has 0 radical (unpaired) electrons. The monoisotopic (exact) mass is 352 g/mol. The van der Waals surface area contributed by atoms with Gasteiger partial charge in [-0.25, -0.2) is 27.8 Å². The van der Waals surface area contributed by atoms with Gasteiger partial charge >= 0.3 is 0 Å². The van der Waals surface area contributed by atoms with Gasteiger partial charge < -0.3 is 5.32 Å². The molecular formula is C15H24N6O2S. The van der Waals surface area contributed by atoms with Crippen LogP contribution >= 0.6 is 0 Å². The zero-order chi connectivity index (χ0) is 17.2. The summed E-state index contributed by atoms with van der Waals surface area (Å²) in [6.45, 7) is 6.18. The first-order chi connectivity index (χ1) is 11.5. The summed E-state index contributed by atoms with van der Waals surface area (Å²) >= 11 is 0. The summed E-state index contributed by atoms with van der Waals surface area (Å²) in [6, 6.07) is 0. The third-order valence-corrected chi connectivity index (χ3v) is 6.57. The third kappa shape index (κ3) is 3.42. The summed E-state index contributed by atoms with van der Waals surface area (Å²) in [5.41, 5.74) is 2.48. The molecule has 0 amide bonds. The Bertz CT molecular complexity index is 797. The van der Waals surface area contributed by atoms with Crippen LogP contribution in [0.2, 0.25) is 0 Å². The van der Waals surface area contributed by atoms with Crippen molar-refractivity contribution in [1.29, 1.82) is 0 Å². The molecule has 2 unspecified atom stereocenters. The Morgan fingerprint density at radius 3 is 2.92 bits per heavy atom. The van der Waals surface area contributed by atoms with E-state index in [-0.39, 0.29) is 0 Å². The molecule has 0 bridgehead atoms. The van der Waals surface area contributed by atoms with E-state index in [1.54, 1.807) is 24.0 Å². The van der Waals surface area contributed by atoms with E-state index in [1.165, 1.54) is 0 Å². The van der Waals surface area contributed by atoms with Crippen LogP contribution in [0, 0.1) is 0 Å². The molecule has 3 heterocycles. The van der Waals surface area contributed by atoms with E-state index in [9.17, 15) is 8.42 Å². The minimum absolute atomic E-state index is 0.294. The van der Waals surface area contributed by atoms with Crippen LogP contribution < -0.4 is 10.0 Å². The molecular weight excluding hydrogens is 328 g/mol. The first-order valence-electron chi connectivity index (χ1n) is 8.39. The van der Waals surface area contributed by atoms with E-state index in [1.807, 2.05) is 6.92 Å². The predicted octanol–water partition coefficient (Wildman–Crippen LogP) is 0.621. The second kappa shape index (κ2) is 7.12. The Hall–Kier alpha value is -1.58. The van der Waals surface area contributed by atoms with Crippen LogP contribution in [-0.4, -0.2) is 53.1 Å². The summed E-state index contributed by atoms with van der Waals surface area (Å²) < 4.78 is 28.5. The normalized spacial score (nSPS) is 19.8. The van der Waals surface area contributed by atoms with Gasteiger partial charge in [-0.3, -0.25) is 0 Å². The number of hydrogen-bond donors (Lipinski definition) is 2. The van der Waals surface area contributed by atoms with Crippen LogP contribution in [0.1, 0.15) is 38.3 Å². The third-order valence-electron chi connectivity index (χ3n) is 4.57. The molecule has 0 aliphatic carbocycles. The second-order valence-electron chi connectivity index (χ2n) is 6.18. The molecule has 24 heavy (non-hydrogen) atoms.